The minimum absolute atomic E-state index is 0. The van der Waals surface area contributed by atoms with E-state index < -0.39 is 0 Å². The fourth-order valence-electron chi connectivity index (χ4n) is 1.59. The van der Waals surface area contributed by atoms with Crippen LogP contribution in [-0.2, 0) is 0 Å². The van der Waals surface area contributed by atoms with Crippen LogP contribution in [0.15, 0.2) is 29.3 Å². The molecule has 0 bridgehead atoms. The van der Waals surface area contributed by atoms with Gasteiger partial charge in [-0.15, -0.1) is 24.0 Å². The lowest BCUT2D eigenvalue weighted by Crippen LogP contribution is -2.44. The number of amides is 1. The summed E-state index contributed by atoms with van der Waals surface area (Å²) in [4.78, 5) is 16.0. The van der Waals surface area contributed by atoms with Crippen LogP contribution in [0, 0.1) is 0 Å². The van der Waals surface area contributed by atoms with Crippen molar-refractivity contribution >= 4 is 47.4 Å². The summed E-state index contributed by atoms with van der Waals surface area (Å²) in [5.74, 6) is 0.628. The summed E-state index contributed by atoms with van der Waals surface area (Å²) in [6.45, 7) is 5.32. The topological polar surface area (TPSA) is 65.5 Å². The maximum absolute atomic E-state index is 11.9. The number of hydrogen-bond acceptors (Lipinski definition) is 2. The number of carbonyl (C=O) groups is 1. The van der Waals surface area contributed by atoms with Gasteiger partial charge in [-0.05, 0) is 37.6 Å². The Kier molecular flexibility index (Phi) is 11.0. The predicted molar refractivity (Wildman–Crippen MR) is 103 cm³/mol. The zero-order valence-electron chi connectivity index (χ0n) is 13.1. The Balaban J connectivity index is 0.00000441. The highest BCUT2D eigenvalue weighted by atomic mass is 127. The first-order valence-electron chi connectivity index (χ1n) is 7.07. The molecule has 1 amide bonds. The fraction of sp³-hybridized carbons (Fsp3) is 0.467. The Morgan fingerprint density at radius 3 is 2.36 bits per heavy atom. The van der Waals surface area contributed by atoms with Crippen LogP contribution >= 0.6 is 35.6 Å². The number of hydrogen-bond donors (Lipinski definition) is 3. The standard InChI is InChI=1S/C15H23ClN4O.HI/c1-4-11(2)20-15(17-3)19-10-9-18-14(21)12-5-7-13(16)8-6-12;/h5-8,11H,4,9-10H2,1-3H3,(H,18,21)(H2,17,19,20);1H. The lowest BCUT2D eigenvalue weighted by Gasteiger charge is -2.16. The Morgan fingerprint density at radius 2 is 1.82 bits per heavy atom. The molecule has 1 rings (SSSR count). The molecule has 1 aromatic rings. The zero-order valence-corrected chi connectivity index (χ0v) is 16.2. The molecule has 0 aliphatic heterocycles. The number of nitrogens with zero attached hydrogens (tertiary/aromatic N) is 1. The van der Waals surface area contributed by atoms with Crippen molar-refractivity contribution < 1.29 is 4.79 Å². The van der Waals surface area contributed by atoms with E-state index in [0.29, 0.717) is 29.7 Å². The van der Waals surface area contributed by atoms with E-state index in [4.69, 9.17) is 11.6 Å². The van der Waals surface area contributed by atoms with Crippen molar-refractivity contribution in [3.63, 3.8) is 0 Å². The van der Waals surface area contributed by atoms with E-state index >= 15 is 0 Å². The van der Waals surface area contributed by atoms with Crippen molar-refractivity contribution in [2.45, 2.75) is 26.3 Å². The highest BCUT2D eigenvalue weighted by molar-refractivity contribution is 14.0. The van der Waals surface area contributed by atoms with Crippen molar-refractivity contribution in [2.24, 2.45) is 4.99 Å². The smallest absolute Gasteiger partial charge is 0.251 e. The summed E-state index contributed by atoms with van der Waals surface area (Å²) in [5, 5.41) is 9.86. The molecule has 0 spiro atoms. The molecule has 1 unspecified atom stereocenters. The fourth-order valence-corrected chi connectivity index (χ4v) is 1.72. The molecule has 5 nitrogen and oxygen atoms in total. The van der Waals surface area contributed by atoms with Crippen LogP contribution in [0.5, 0.6) is 0 Å². The van der Waals surface area contributed by atoms with Gasteiger partial charge < -0.3 is 16.0 Å². The summed E-state index contributed by atoms with van der Waals surface area (Å²) in [7, 11) is 1.73. The number of guanidine groups is 1. The first-order valence-corrected chi connectivity index (χ1v) is 7.45. The average molecular weight is 439 g/mol. The number of aliphatic imine (C=N–C) groups is 1. The van der Waals surface area contributed by atoms with Gasteiger partial charge in [-0.2, -0.15) is 0 Å². The maximum Gasteiger partial charge on any atom is 0.251 e. The monoisotopic (exact) mass is 438 g/mol. The molecular weight excluding hydrogens is 415 g/mol. The first kappa shape index (κ1) is 21.0. The number of rotatable bonds is 6. The normalized spacial score (nSPS) is 12.1. The molecule has 0 aromatic heterocycles. The van der Waals surface area contributed by atoms with E-state index in [2.05, 4.69) is 34.8 Å². The largest absolute Gasteiger partial charge is 0.355 e. The quantitative estimate of drug-likeness (QED) is 0.277. The van der Waals surface area contributed by atoms with Gasteiger partial charge in [0.2, 0.25) is 0 Å². The van der Waals surface area contributed by atoms with Crippen LogP contribution in [0.4, 0.5) is 0 Å². The SMILES string of the molecule is CCC(C)NC(=NC)NCCNC(=O)c1ccc(Cl)cc1.I. The van der Waals surface area contributed by atoms with Crippen molar-refractivity contribution in [3.05, 3.63) is 34.9 Å². The molecule has 0 saturated heterocycles. The van der Waals surface area contributed by atoms with Gasteiger partial charge >= 0.3 is 0 Å². The second kappa shape index (κ2) is 11.5. The van der Waals surface area contributed by atoms with E-state index in [-0.39, 0.29) is 29.9 Å². The van der Waals surface area contributed by atoms with Gasteiger partial charge in [-0.3, -0.25) is 9.79 Å². The number of benzene rings is 1. The van der Waals surface area contributed by atoms with Gasteiger partial charge in [0.15, 0.2) is 5.96 Å². The highest BCUT2D eigenvalue weighted by Gasteiger charge is 2.05. The zero-order chi connectivity index (χ0) is 15.7. The number of halogens is 2. The van der Waals surface area contributed by atoms with Crippen LogP contribution < -0.4 is 16.0 Å². The third-order valence-corrected chi connectivity index (χ3v) is 3.28. The van der Waals surface area contributed by atoms with Crippen LogP contribution in [0.3, 0.4) is 0 Å². The summed E-state index contributed by atoms with van der Waals surface area (Å²) < 4.78 is 0. The first-order chi connectivity index (χ1) is 10.1. The second-order valence-electron chi connectivity index (χ2n) is 4.72. The minimum atomic E-state index is -0.113. The van der Waals surface area contributed by atoms with Gasteiger partial charge in [0.1, 0.15) is 0 Å². The van der Waals surface area contributed by atoms with Gasteiger partial charge in [0, 0.05) is 36.8 Å². The molecule has 1 aromatic carbocycles. The van der Waals surface area contributed by atoms with Crippen LogP contribution in [0.1, 0.15) is 30.6 Å². The third kappa shape index (κ3) is 7.84. The summed E-state index contributed by atoms with van der Waals surface area (Å²) in [6, 6.07) is 7.17. The Bertz CT molecular complexity index is 479. The summed E-state index contributed by atoms with van der Waals surface area (Å²) in [5.41, 5.74) is 0.599. The molecule has 1 atom stereocenters. The van der Waals surface area contributed by atoms with E-state index in [1.807, 2.05) is 0 Å². The molecule has 0 aliphatic rings. The molecule has 0 radical (unpaired) electrons. The third-order valence-electron chi connectivity index (χ3n) is 3.03. The van der Waals surface area contributed by atoms with E-state index in [0.717, 1.165) is 12.4 Å². The van der Waals surface area contributed by atoms with Crippen LogP contribution in [-0.4, -0.2) is 38.0 Å². The van der Waals surface area contributed by atoms with Gasteiger partial charge in [0.05, 0.1) is 0 Å². The maximum atomic E-state index is 11.9. The van der Waals surface area contributed by atoms with E-state index in [1.165, 1.54) is 0 Å². The number of carbonyl (C=O) groups excluding carboxylic acids is 1. The highest BCUT2D eigenvalue weighted by Crippen LogP contribution is 2.08. The summed E-state index contributed by atoms with van der Waals surface area (Å²) in [6.07, 6.45) is 1.02. The summed E-state index contributed by atoms with van der Waals surface area (Å²) >= 11 is 5.79. The lowest BCUT2D eigenvalue weighted by molar-refractivity contribution is 0.0954. The van der Waals surface area contributed by atoms with Crippen molar-refractivity contribution in [3.8, 4) is 0 Å². The second-order valence-corrected chi connectivity index (χ2v) is 5.15. The van der Waals surface area contributed by atoms with Crippen molar-refractivity contribution in [1.82, 2.24) is 16.0 Å². The minimum Gasteiger partial charge on any atom is -0.355 e. The molecule has 7 heteroatoms. The molecule has 0 aliphatic carbocycles. The molecule has 124 valence electrons. The Labute approximate surface area is 154 Å². The molecular formula is C15H24ClIN4O. The Morgan fingerprint density at radius 1 is 1.23 bits per heavy atom. The van der Waals surface area contributed by atoms with E-state index in [1.54, 1.807) is 31.3 Å². The molecule has 0 fully saturated rings. The van der Waals surface area contributed by atoms with Gasteiger partial charge in [0.25, 0.3) is 5.91 Å². The average Bonchev–Trinajstić information content (AvgIpc) is 2.50. The van der Waals surface area contributed by atoms with Gasteiger partial charge in [-0.25, -0.2) is 0 Å². The van der Waals surface area contributed by atoms with Crippen LogP contribution in [0.2, 0.25) is 5.02 Å². The molecule has 0 heterocycles. The van der Waals surface area contributed by atoms with Gasteiger partial charge in [-0.1, -0.05) is 18.5 Å². The predicted octanol–water partition coefficient (Wildman–Crippen LogP) is 2.65. The van der Waals surface area contributed by atoms with E-state index in [9.17, 15) is 4.79 Å². The van der Waals surface area contributed by atoms with Crippen molar-refractivity contribution in [2.75, 3.05) is 20.1 Å². The van der Waals surface area contributed by atoms with Crippen molar-refractivity contribution in [1.29, 1.82) is 0 Å². The Hall–Kier alpha value is -1.02. The molecule has 3 N–H and O–H groups in total. The molecule has 0 saturated carbocycles. The molecule has 22 heavy (non-hydrogen) atoms. The number of nitrogens with one attached hydrogen (secondary N) is 3. The lowest BCUT2D eigenvalue weighted by atomic mass is 10.2. The van der Waals surface area contributed by atoms with Crippen LogP contribution in [0.25, 0.3) is 0 Å².